The second-order valence-electron chi connectivity index (χ2n) is 3.96. The number of carboxylic acid groups (broad SMARTS) is 1. The highest BCUT2D eigenvalue weighted by Crippen LogP contribution is 2.17. The minimum Gasteiger partial charge on any atom is -0.476 e. The average Bonchev–Trinajstić information content (AvgIpc) is 2.59. The van der Waals surface area contributed by atoms with Gasteiger partial charge in [-0.2, -0.15) is 5.10 Å². The predicted octanol–water partition coefficient (Wildman–Crippen LogP) is 0.661. The van der Waals surface area contributed by atoms with Gasteiger partial charge in [0.05, 0.1) is 5.69 Å². The number of aryl methyl sites for hydroxylation is 1. The summed E-state index contributed by atoms with van der Waals surface area (Å²) >= 11 is 0. The van der Waals surface area contributed by atoms with E-state index in [-0.39, 0.29) is 17.1 Å². The topological polar surface area (TPSA) is 112 Å². The Bertz CT molecular complexity index is 582. The summed E-state index contributed by atoms with van der Waals surface area (Å²) in [5, 5.41) is 14.7. The van der Waals surface area contributed by atoms with E-state index in [4.69, 9.17) is 5.11 Å². The molecular weight excluding hydrogens is 258 g/mol. The number of sulfonamides is 1. The van der Waals surface area contributed by atoms with Crippen LogP contribution in [0, 0.1) is 6.92 Å². The largest absolute Gasteiger partial charge is 0.476 e. The number of carbonyl (C=O) groups is 1. The van der Waals surface area contributed by atoms with Crippen LogP contribution in [0.5, 0.6) is 0 Å². The molecule has 0 fully saturated rings. The fourth-order valence-corrected chi connectivity index (χ4v) is 2.60. The monoisotopic (exact) mass is 273 g/mol. The summed E-state index contributed by atoms with van der Waals surface area (Å²) in [6.45, 7) is 5.23. The number of hydrogen-bond acceptors (Lipinski definition) is 4. The zero-order chi connectivity index (χ0) is 13.9. The van der Waals surface area contributed by atoms with Gasteiger partial charge in [0.15, 0.2) is 5.69 Å². The smallest absolute Gasteiger partial charge is 0.357 e. The Morgan fingerprint density at radius 1 is 1.50 bits per heavy atom. The third-order valence-corrected chi connectivity index (χ3v) is 3.73. The molecule has 100 valence electrons. The van der Waals surface area contributed by atoms with E-state index in [0.29, 0.717) is 0 Å². The molecule has 1 aromatic rings. The SMILES string of the molecule is CC(C)=CCNS(=O)(=O)c1c(C(=O)O)n[nH]c1C. The molecule has 0 unspecified atom stereocenters. The van der Waals surface area contributed by atoms with Gasteiger partial charge in [0, 0.05) is 6.54 Å². The third-order valence-electron chi connectivity index (χ3n) is 2.15. The predicted molar refractivity (Wildman–Crippen MR) is 64.9 cm³/mol. The molecule has 8 heteroatoms. The van der Waals surface area contributed by atoms with Crippen LogP contribution in [0.1, 0.15) is 30.0 Å². The molecule has 0 amide bonds. The van der Waals surface area contributed by atoms with Crippen molar-refractivity contribution in [2.45, 2.75) is 25.7 Å². The van der Waals surface area contributed by atoms with Crippen molar-refractivity contribution in [3.8, 4) is 0 Å². The fourth-order valence-electron chi connectivity index (χ4n) is 1.32. The lowest BCUT2D eigenvalue weighted by molar-refractivity contribution is 0.0686. The highest BCUT2D eigenvalue weighted by atomic mass is 32.2. The van der Waals surface area contributed by atoms with Crippen LogP contribution in [0.3, 0.4) is 0 Å². The highest BCUT2D eigenvalue weighted by Gasteiger charge is 2.27. The minimum atomic E-state index is -3.89. The molecule has 0 spiro atoms. The molecule has 3 N–H and O–H groups in total. The Balaban J connectivity index is 3.09. The highest BCUT2D eigenvalue weighted by molar-refractivity contribution is 7.89. The molecule has 0 aliphatic rings. The first kappa shape index (κ1) is 14.4. The van der Waals surface area contributed by atoms with E-state index in [1.807, 2.05) is 13.8 Å². The fraction of sp³-hybridized carbons (Fsp3) is 0.400. The Hall–Kier alpha value is -1.67. The molecule has 0 saturated carbocycles. The second kappa shape index (κ2) is 5.32. The number of allylic oxidation sites excluding steroid dienone is 1. The van der Waals surface area contributed by atoms with E-state index < -0.39 is 21.7 Å². The first-order valence-corrected chi connectivity index (χ1v) is 6.65. The Labute approximate surface area is 105 Å². The first-order valence-electron chi connectivity index (χ1n) is 5.17. The molecule has 1 rings (SSSR count). The van der Waals surface area contributed by atoms with Gasteiger partial charge in [-0.05, 0) is 20.8 Å². The van der Waals surface area contributed by atoms with E-state index in [0.717, 1.165) is 5.57 Å². The van der Waals surface area contributed by atoms with Gasteiger partial charge < -0.3 is 5.11 Å². The zero-order valence-corrected chi connectivity index (χ0v) is 11.1. The molecule has 1 heterocycles. The van der Waals surface area contributed by atoms with E-state index in [9.17, 15) is 13.2 Å². The molecular formula is C10H15N3O4S. The van der Waals surface area contributed by atoms with Crippen molar-refractivity contribution in [1.82, 2.24) is 14.9 Å². The van der Waals surface area contributed by atoms with Crippen LogP contribution in [0.2, 0.25) is 0 Å². The standard InChI is InChI=1S/C10H15N3O4S/c1-6(2)4-5-11-18(16,17)9-7(3)12-13-8(9)10(14)15/h4,11H,5H2,1-3H3,(H,12,13)(H,14,15). The summed E-state index contributed by atoms with van der Waals surface area (Å²) in [7, 11) is -3.89. The van der Waals surface area contributed by atoms with Crippen LogP contribution in [-0.4, -0.2) is 36.2 Å². The Kier molecular flexibility index (Phi) is 4.25. The number of carboxylic acids is 1. The molecule has 0 saturated heterocycles. The summed E-state index contributed by atoms with van der Waals surface area (Å²) in [6, 6.07) is 0. The van der Waals surface area contributed by atoms with Crippen molar-refractivity contribution in [2.75, 3.05) is 6.54 Å². The number of H-pyrrole nitrogens is 1. The molecule has 18 heavy (non-hydrogen) atoms. The third kappa shape index (κ3) is 3.17. The van der Waals surface area contributed by atoms with Gasteiger partial charge >= 0.3 is 5.97 Å². The molecule has 0 aromatic carbocycles. The number of aromatic amines is 1. The summed E-state index contributed by atoms with van der Waals surface area (Å²) in [5.41, 5.74) is 0.648. The number of hydrogen-bond donors (Lipinski definition) is 3. The number of aromatic nitrogens is 2. The van der Waals surface area contributed by atoms with Crippen molar-refractivity contribution in [3.05, 3.63) is 23.0 Å². The number of nitrogens with one attached hydrogen (secondary N) is 2. The van der Waals surface area contributed by atoms with Crippen molar-refractivity contribution >= 4 is 16.0 Å². The maximum Gasteiger partial charge on any atom is 0.357 e. The van der Waals surface area contributed by atoms with Gasteiger partial charge in [-0.3, -0.25) is 5.10 Å². The van der Waals surface area contributed by atoms with Crippen molar-refractivity contribution in [1.29, 1.82) is 0 Å². The Morgan fingerprint density at radius 2 is 2.11 bits per heavy atom. The molecule has 7 nitrogen and oxygen atoms in total. The van der Waals surface area contributed by atoms with E-state index >= 15 is 0 Å². The van der Waals surface area contributed by atoms with Crippen molar-refractivity contribution in [2.24, 2.45) is 0 Å². The average molecular weight is 273 g/mol. The Morgan fingerprint density at radius 3 is 2.61 bits per heavy atom. The van der Waals surface area contributed by atoms with Crippen molar-refractivity contribution < 1.29 is 18.3 Å². The molecule has 0 bridgehead atoms. The van der Waals surface area contributed by atoms with Crippen LogP contribution in [-0.2, 0) is 10.0 Å². The summed E-state index contributed by atoms with van der Waals surface area (Å²) in [4.78, 5) is 10.6. The molecule has 0 atom stereocenters. The van der Waals surface area contributed by atoms with Crippen LogP contribution in [0.25, 0.3) is 0 Å². The van der Waals surface area contributed by atoms with E-state index in [1.54, 1.807) is 6.08 Å². The summed E-state index contributed by atoms with van der Waals surface area (Å²) < 4.78 is 26.2. The van der Waals surface area contributed by atoms with Crippen LogP contribution in [0.15, 0.2) is 16.5 Å². The number of rotatable bonds is 5. The van der Waals surface area contributed by atoms with Gasteiger partial charge in [0.1, 0.15) is 4.90 Å². The summed E-state index contributed by atoms with van der Waals surface area (Å²) in [6.07, 6.45) is 1.69. The number of nitrogens with zero attached hydrogens (tertiary/aromatic N) is 1. The van der Waals surface area contributed by atoms with Crippen LogP contribution in [0.4, 0.5) is 0 Å². The molecule has 0 radical (unpaired) electrons. The zero-order valence-electron chi connectivity index (χ0n) is 10.3. The molecule has 0 aliphatic heterocycles. The van der Waals surface area contributed by atoms with Gasteiger partial charge in [-0.1, -0.05) is 11.6 Å². The molecule has 1 aromatic heterocycles. The number of aromatic carboxylic acids is 1. The lowest BCUT2D eigenvalue weighted by atomic mass is 10.3. The van der Waals surface area contributed by atoms with Gasteiger partial charge in [0.25, 0.3) is 0 Å². The normalized spacial score (nSPS) is 11.3. The van der Waals surface area contributed by atoms with E-state index in [1.165, 1.54) is 6.92 Å². The van der Waals surface area contributed by atoms with Gasteiger partial charge in [-0.15, -0.1) is 0 Å². The van der Waals surface area contributed by atoms with Crippen molar-refractivity contribution in [3.63, 3.8) is 0 Å². The van der Waals surface area contributed by atoms with Crippen LogP contribution >= 0.6 is 0 Å². The van der Waals surface area contributed by atoms with Gasteiger partial charge in [-0.25, -0.2) is 17.9 Å². The first-order chi connectivity index (χ1) is 8.25. The maximum atomic E-state index is 12.0. The second-order valence-corrected chi connectivity index (χ2v) is 5.67. The lowest BCUT2D eigenvalue weighted by Gasteiger charge is -2.04. The molecule has 0 aliphatic carbocycles. The maximum absolute atomic E-state index is 12.0. The van der Waals surface area contributed by atoms with Crippen LogP contribution < -0.4 is 4.72 Å². The quantitative estimate of drug-likeness (QED) is 0.682. The minimum absolute atomic E-state index is 0.106. The van der Waals surface area contributed by atoms with Gasteiger partial charge in [0.2, 0.25) is 10.0 Å². The summed E-state index contributed by atoms with van der Waals surface area (Å²) in [5.74, 6) is -1.39. The lowest BCUT2D eigenvalue weighted by Crippen LogP contribution is -2.26. The van der Waals surface area contributed by atoms with E-state index in [2.05, 4.69) is 14.9 Å².